The second kappa shape index (κ2) is 9.72. The van der Waals surface area contributed by atoms with Gasteiger partial charge >= 0.3 is 6.03 Å². The molecule has 6 heteroatoms. The predicted molar refractivity (Wildman–Crippen MR) is 129 cm³/mol. The number of carbonyl (C=O) groups is 2. The highest BCUT2D eigenvalue weighted by atomic mass is 16.3. The van der Waals surface area contributed by atoms with Crippen molar-refractivity contribution in [2.45, 2.75) is 65.0 Å². The molecule has 2 fully saturated rings. The van der Waals surface area contributed by atoms with Crippen LogP contribution in [0.1, 0.15) is 63.0 Å². The fourth-order valence-electron chi connectivity index (χ4n) is 5.16. The molecule has 0 bridgehead atoms. The van der Waals surface area contributed by atoms with Crippen LogP contribution in [0, 0.1) is 12.8 Å². The summed E-state index contributed by atoms with van der Waals surface area (Å²) in [5, 5.41) is 0. The number of piperidine rings is 1. The van der Waals surface area contributed by atoms with Gasteiger partial charge in [0.2, 0.25) is 0 Å². The molecule has 33 heavy (non-hydrogen) atoms. The molecule has 2 saturated heterocycles. The zero-order valence-electron chi connectivity index (χ0n) is 20.4. The molecule has 4 rings (SSSR count). The van der Waals surface area contributed by atoms with Crippen LogP contribution in [-0.4, -0.2) is 58.4 Å². The molecule has 3 heterocycles. The molecule has 178 valence electrons. The smallest absolute Gasteiger partial charge is 0.327 e. The van der Waals surface area contributed by atoms with Crippen molar-refractivity contribution < 1.29 is 14.0 Å². The van der Waals surface area contributed by atoms with Crippen LogP contribution in [0.25, 0.3) is 0 Å². The molecular weight excluding hydrogens is 414 g/mol. The first kappa shape index (κ1) is 23.6. The topological polar surface area (TPSA) is 57.0 Å². The van der Waals surface area contributed by atoms with Crippen LogP contribution in [-0.2, 0) is 11.3 Å². The maximum Gasteiger partial charge on any atom is 0.327 e. The summed E-state index contributed by atoms with van der Waals surface area (Å²) >= 11 is 0. The zero-order valence-corrected chi connectivity index (χ0v) is 20.4. The minimum Gasteiger partial charge on any atom is -0.466 e. The number of nitrogens with zero attached hydrogens (tertiary/aromatic N) is 3. The lowest BCUT2D eigenvalue weighted by atomic mass is 9.85. The fourth-order valence-corrected chi connectivity index (χ4v) is 5.16. The number of hydrogen-bond donors (Lipinski definition) is 0. The van der Waals surface area contributed by atoms with Crippen molar-refractivity contribution in [2.75, 3.05) is 26.2 Å². The van der Waals surface area contributed by atoms with Gasteiger partial charge in [-0.25, -0.2) is 4.79 Å². The van der Waals surface area contributed by atoms with Crippen molar-refractivity contribution in [3.8, 4) is 0 Å². The van der Waals surface area contributed by atoms with E-state index in [1.54, 1.807) is 0 Å². The minimum absolute atomic E-state index is 0.00351. The van der Waals surface area contributed by atoms with E-state index in [-0.39, 0.29) is 17.9 Å². The van der Waals surface area contributed by atoms with Gasteiger partial charge in [0, 0.05) is 32.1 Å². The van der Waals surface area contributed by atoms with Crippen LogP contribution < -0.4 is 0 Å². The first-order valence-corrected chi connectivity index (χ1v) is 12.3. The predicted octanol–water partition coefficient (Wildman–Crippen LogP) is 5.04. The van der Waals surface area contributed by atoms with Crippen LogP contribution in [0.5, 0.6) is 0 Å². The van der Waals surface area contributed by atoms with E-state index in [1.807, 2.05) is 48.2 Å². The van der Waals surface area contributed by atoms with Gasteiger partial charge in [0.05, 0.1) is 0 Å². The van der Waals surface area contributed by atoms with E-state index < -0.39 is 5.54 Å². The van der Waals surface area contributed by atoms with Crippen LogP contribution in [0.2, 0.25) is 0 Å². The van der Waals surface area contributed by atoms with Gasteiger partial charge in [-0.2, -0.15) is 0 Å². The Bertz CT molecular complexity index is 960. The van der Waals surface area contributed by atoms with Gasteiger partial charge in [-0.3, -0.25) is 9.69 Å². The van der Waals surface area contributed by atoms with Crippen LogP contribution >= 0.6 is 0 Å². The third-order valence-electron chi connectivity index (χ3n) is 7.16. The van der Waals surface area contributed by atoms with Crippen molar-refractivity contribution in [1.29, 1.82) is 0 Å². The number of imide groups is 1. The Morgan fingerprint density at radius 2 is 1.70 bits per heavy atom. The summed E-state index contributed by atoms with van der Waals surface area (Å²) in [6.45, 7) is 11.9. The second-order valence-electron chi connectivity index (χ2n) is 10.2. The molecule has 3 amide bonds. The fraction of sp³-hybridized carbons (Fsp3) is 0.556. The molecule has 2 aliphatic rings. The normalized spacial score (nSPS) is 19.8. The minimum atomic E-state index is -0.720. The van der Waals surface area contributed by atoms with E-state index in [0.29, 0.717) is 31.8 Å². The number of hydrogen-bond acceptors (Lipinski definition) is 4. The monoisotopic (exact) mass is 451 g/mol. The molecular formula is C27H37N3O3. The number of furan rings is 1. The lowest BCUT2D eigenvalue weighted by Crippen LogP contribution is -2.56. The summed E-state index contributed by atoms with van der Waals surface area (Å²) in [5.74, 6) is 2.59. The quantitative estimate of drug-likeness (QED) is 0.528. The van der Waals surface area contributed by atoms with E-state index in [2.05, 4.69) is 31.7 Å². The van der Waals surface area contributed by atoms with Gasteiger partial charge in [0.25, 0.3) is 5.91 Å². The molecule has 0 N–H and O–H groups in total. The Hall–Kier alpha value is -2.60. The first-order chi connectivity index (χ1) is 15.8. The number of benzene rings is 1. The van der Waals surface area contributed by atoms with Gasteiger partial charge in [-0.05, 0) is 56.3 Å². The molecule has 0 radical (unpaired) electrons. The van der Waals surface area contributed by atoms with E-state index >= 15 is 0 Å². The summed E-state index contributed by atoms with van der Waals surface area (Å²) < 4.78 is 5.79. The SMILES string of the molecule is Cc1ccc(C(C)CCN2CCC3(CC2)C(=O)N(CC(C)C)C(=O)N3Cc2ccccc2)o1. The Labute approximate surface area is 197 Å². The van der Waals surface area contributed by atoms with Crippen molar-refractivity contribution in [3.63, 3.8) is 0 Å². The summed E-state index contributed by atoms with van der Waals surface area (Å²) in [4.78, 5) is 32.8. The summed E-state index contributed by atoms with van der Waals surface area (Å²) in [7, 11) is 0. The number of rotatable bonds is 8. The second-order valence-corrected chi connectivity index (χ2v) is 10.2. The third kappa shape index (κ3) is 4.86. The van der Waals surface area contributed by atoms with Gasteiger partial charge in [-0.1, -0.05) is 51.1 Å². The highest BCUT2D eigenvalue weighted by Crippen LogP contribution is 2.39. The molecule has 1 aromatic carbocycles. The van der Waals surface area contributed by atoms with Crippen LogP contribution in [0.3, 0.4) is 0 Å². The highest BCUT2D eigenvalue weighted by Gasteiger charge is 2.57. The Balaban J connectivity index is 1.45. The highest BCUT2D eigenvalue weighted by molar-refractivity contribution is 6.07. The lowest BCUT2D eigenvalue weighted by molar-refractivity contribution is -0.136. The average molecular weight is 452 g/mol. The molecule has 1 spiro atoms. The van der Waals surface area contributed by atoms with Gasteiger partial charge in [0.1, 0.15) is 17.1 Å². The Morgan fingerprint density at radius 1 is 1.00 bits per heavy atom. The van der Waals surface area contributed by atoms with Crippen LogP contribution in [0.4, 0.5) is 4.79 Å². The zero-order chi connectivity index (χ0) is 23.6. The van der Waals surface area contributed by atoms with E-state index in [9.17, 15) is 9.59 Å². The largest absolute Gasteiger partial charge is 0.466 e. The van der Waals surface area contributed by atoms with Crippen molar-refractivity contribution >= 4 is 11.9 Å². The van der Waals surface area contributed by atoms with Crippen molar-refractivity contribution in [2.24, 2.45) is 5.92 Å². The summed E-state index contributed by atoms with van der Waals surface area (Å²) in [6, 6.07) is 14.0. The molecule has 0 saturated carbocycles. The molecule has 0 aliphatic carbocycles. The van der Waals surface area contributed by atoms with Crippen LogP contribution in [0.15, 0.2) is 46.9 Å². The maximum atomic E-state index is 13.6. The molecule has 1 atom stereocenters. The maximum absolute atomic E-state index is 13.6. The number of carbonyl (C=O) groups excluding carboxylic acids is 2. The van der Waals surface area contributed by atoms with E-state index in [0.717, 1.165) is 43.1 Å². The Morgan fingerprint density at radius 3 is 2.30 bits per heavy atom. The van der Waals surface area contributed by atoms with E-state index in [4.69, 9.17) is 4.42 Å². The molecule has 1 aromatic heterocycles. The van der Waals surface area contributed by atoms with Crippen molar-refractivity contribution in [1.82, 2.24) is 14.7 Å². The van der Waals surface area contributed by atoms with Gasteiger partial charge < -0.3 is 14.2 Å². The standard InChI is InChI=1S/C27H37N3O3/c1-20(2)18-29-25(31)27(30(26(29)32)19-23-8-6-5-7-9-23)13-16-28(17-14-27)15-12-21(3)24-11-10-22(4)33-24/h5-11,20-21H,12-19H2,1-4H3. The summed E-state index contributed by atoms with van der Waals surface area (Å²) in [5.41, 5.74) is 0.344. The molecule has 2 aliphatic heterocycles. The number of aryl methyl sites for hydroxylation is 1. The lowest BCUT2D eigenvalue weighted by Gasteiger charge is -2.42. The number of likely N-dealkylation sites (tertiary alicyclic amines) is 1. The third-order valence-corrected chi connectivity index (χ3v) is 7.16. The van der Waals surface area contributed by atoms with Gasteiger partial charge in [0.15, 0.2) is 0 Å². The first-order valence-electron chi connectivity index (χ1n) is 12.3. The number of urea groups is 1. The number of amides is 3. The summed E-state index contributed by atoms with van der Waals surface area (Å²) in [6.07, 6.45) is 2.39. The molecule has 2 aromatic rings. The molecule has 6 nitrogen and oxygen atoms in total. The van der Waals surface area contributed by atoms with E-state index in [1.165, 1.54) is 4.90 Å². The average Bonchev–Trinajstić information content (AvgIpc) is 3.32. The van der Waals surface area contributed by atoms with Crippen molar-refractivity contribution in [3.05, 3.63) is 59.5 Å². The Kier molecular flexibility index (Phi) is 6.94. The van der Waals surface area contributed by atoms with Gasteiger partial charge in [-0.15, -0.1) is 0 Å². The molecule has 1 unspecified atom stereocenters.